The average Bonchev–Trinajstić information content (AvgIpc) is 2.61. The fourth-order valence-electron chi connectivity index (χ4n) is 2.04. The minimum Gasteiger partial charge on any atom is -0.543 e. The van der Waals surface area contributed by atoms with Gasteiger partial charge < -0.3 is 24.7 Å². The van der Waals surface area contributed by atoms with E-state index in [4.69, 9.17) is 9.47 Å². The average molecular weight is 326 g/mol. The van der Waals surface area contributed by atoms with Crippen LogP contribution in [0.1, 0.15) is 15.9 Å². The van der Waals surface area contributed by atoms with Crippen LogP contribution in [0.3, 0.4) is 0 Å². The van der Waals surface area contributed by atoms with Crippen molar-refractivity contribution >= 4 is 18.0 Å². The molecule has 0 heterocycles. The molecular weight excluding hydrogens is 310 g/mol. The molecule has 0 unspecified atom stereocenters. The molecule has 0 atom stereocenters. The first-order chi connectivity index (χ1) is 11.5. The van der Waals surface area contributed by atoms with Gasteiger partial charge in [0.2, 0.25) is 0 Å². The zero-order valence-electron chi connectivity index (χ0n) is 13.2. The van der Waals surface area contributed by atoms with Gasteiger partial charge in [-0.15, -0.1) is 0 Å². The van der Waals surface area contributed by atoms with Crippen LogP contribution in [0, 0.1) is 0 Å². The molecule has 0 saturated carbocycles. The van der Waals surface area contributed by atoms with Gasteiger partial charge in [0.15, 0.2) is 11.5 Å². The van der Waals surface area contributed by atoms with Crippen LogP contribution in [0.4, 0.5) is 0 Å². The lowest BCUT2D eigenvalue weighted by Crippen LogP contribution is -2.35. The summed E-state index contributed by atoms with van der Waals surface area (Å²) in [4.78, 5) is 23.4. The zero-order chi connectivity index (χ0) is 17.5. The predicted octanol–water partition coefficient (Wildman–Crippen LogP) is 1.22. The summed E-state index contributed by atoms with van der Waals surface area (Å²) in [6.07, 6.45) is 1.29. The van der Waals surface area contributed by atoms with E-state index in [0.717, 1.165) is 0 Å². The molecule has 0 fully saturated rings. The Hall–Kier alpha value is -3.28. The lowest BCUT2D eigenvalue weighted by molar-refractivity contribution is -0.299. The number of carbonyl (C=O) groups excluding carboxylic acids is 2. The van der Waals surface area contributed by atoms with E-state index in [1.807, 2.05) is 0 Å². The Balaban J connectivity index is 2.29. The van der Waals surface area contributed by atoms with Crippen LogP contribution >= 0.6 is 0 Å². The molecule has 0 aliphatic carbocycles. The molecule has 6 heteroatoms. The Morgan fingerprint density at radius 3 is 2.25 bits per heavy atom. The number of benzene rings is 2. The maximum absolute atomic E-state index is 12.1. The van der Waals surface area contributed by atoms with Gasteiger partial charge in [-0.2, -0.15) is 0 Å². The number of rotatable bonds is 6. The summed E-state index contributed by atoms with van der Waals surface area (Å²) in [5, 5.41) is 13.6. The lowest BCUT2D eigenvalue weighted by Gasteiger charge is -2.12. The van der Waals surface area contributed by atoms with Crippen molar-refractivity contribution in [2.24, 2.45) is 0 Å². The van der Waals surface area contributed by atoms with Gasteiger partial charge in [0, 0.05) is 5.56 Å². The second kappa shape index (κ2) is 7.82. The van der Waals surface area contributed by atoms with Gasteiger partial charge in [-0.25, -0.2) is 0 Å². The first kappa shape index (κ1) is 17.1. The van der Waals surface area contributed by atoms with Crippen molar-refractivity contribution < 1.29 is 24.2 Å². The highest BCUT2D eigenvalue weighted by atomic mass is 16.5. The van der Waals surface area contributed by atoms with Crippen LogP contribution in [0.15, 0.2) is 54.2 Å². The first-order valence-corrected chi connectivity index (χ1v) is 7.06. The molecule has 0 aliphatic heterocycles. The molecule has 2 aromatic carbocycles. The zero-order valence-corrected chi connectivity index (χ0v) is 13.2. The number of amides is 1. The number of carboxylic acid groups (broad SMARTS) is 1. The summed E-state index contributed by atoms with van der Waals surface area (Å²) in [6.45, 7) is 0. The Morgan fingerprint density at radius 2 is 1.67 bits per heavy atom. The number of hydrogen-bond acceptors (Lipinski definition) is 5. The summed E-state index contributed by atoms with van der Waals surface area (Å²) in [7, 11) is 2.97. The number of carbonyl (C=O) groups is 2. The molecule has 0 bridgehead atoms. The van der Waals surface area contributed by atoms with Crippen molar-refractivity contribution in [1.82, 2.24) is 5.32 Å². The van der Waals surface area contributed by atoms with Crippen LogP contribution in [0.5, 0.6) is 11.5 Å². The largest absolute Gasteiger partial charge is 0.543 e. The Kier molecular flexibility index (Phi) is 5.57. The standard InChI is InChI=1S/C18H17NO5/c1-23-15-9-8-12(11-16(15)24-2)10-14(18(21)22)19-17(20)13-6-4-3-5-7-13/h3-11H,1-2H3,(H,19,20)(H,21,22)/p-1/b14-10-. The van der Waals surface area contributed by atoms with Crippen molar-refractivity contribution in [1.29, 1.82) is 0 Å². The lowest BCUT2D eigenvalue weighted by atomic mass is 10.1. The van der Waals surface area contributed by atoms with Crippen molar-refractivity contribution in [2.75, 3.05) is 14.2 Å². The number of hydrogen-bond donors (Lipinski definition) is 1. The van der Waals surface area contributed by atoms with Crippen LogP contribution in [-0.4, -0.2) is 26.1 Å². The Bertz CT molecular complexity index is 768. The van der Waals surface area contributed by atoms with Crippen LogP contribution < -0.4 is 19.9 Å². The van der Waals surface area contributed by atoms with Gasteiger partial charge in [0.25, 0.3) is 5.91 Å². The molecule has 0 spiro atoms. The maximum Gasteiger partial charge on any atom is 0.255 e. The second-order valence-electron chi connectivity index (χ2n) is 4.78. The third kappa shape index (κ3) is 4.13. The molecule has 0 saturated heterocycles. The monoisotopic (exact) mass is 326 g/mol. The summed E-state index contributed by atoms with van der Waals surface area (Å²) in [5.41, 5.74) is 0.508. The minimum absolute atomic E-state index is 0.344. The highest BCUT2D eigenvalue weighted by Gasteiger charge is 2.09. The number of nitrogens with one attached hydrogen (secondary N) is 1. The van der Waals surface area contributed by atoms with Gasteiger partial charge in [-0.1, -0.05) is 24.3 Å². The van der Waals surface area contributed by atoms with Gasteiger partial charge >= 0.3 is 0 Å². The highest BCUT2D eigenvalue weighted by molar-refractivity contribution is 6.02. The molecule has 0 aromatic heterocycles. The molecule has 124 valence electrons. The molecule has 6 nitrogen and oxygen atoms in total. The number of methoxy groups -OCH3 is 2. The molecule has 1 N–H and O–H groups in total. The van der Waals surface area contributed by atoms with E-state index in [9.17, 15) is 14.7 Å². The molecule has 1 amide bonds. The maximum atomic E-state index is 12.1. The Labute approximate surface area is 139 Å². The third-order valence-electron chi connectivity index (χ3n) is 3.22. The number of ether oxygens (including phenoxy) is 2. The summed E-state index contributed by atoms with van der Waals surface area (Å²) < 4.78 is 10.3. The van der Waals surface area contributed by atoms with E-state index < -0.39 is 11.9 Å². The fraction of sp³-hybridized carbons (Fsp3) is 0.111. The van der Waals surface area contributed by atoms with Gasteiger partial charge in [0.05, 0.1) is 25.9 Å². The molecule has 2 rings (SSSR count). The molecule has 2 aromatic rings. The first-order valence-electron chi connectivity index (χ1n) is 7.06. The summed E-state index contributed by atoms with van der Waals surface area (Å²) >= 11 is 0. The van der Waals surface area contributed by atoms with Crippen molar-refractivity contribution in [3.8, 4) is 11.5 Å². The molecular formula is C18H16NO5-. The van der Waals surface area contributed by atoms with Crippen LogP contribution in [0.25, 0.3) is 6.08 Å². The Morgan fingerprint density at radius 1 is 1.00 bits per heavy atom. The predicted molar refractivity (Wildman–Crippen MR) is 86.4 cm³/mol. The van der Waals surface area contributed by atoms with Crippen molar-refractivity contribution in [3.63, 3.8) is 0 Å². The van der Waals surface area contributed by atoms with Gasteiger partial charge in [-0.3, -0.25) is 4.79 Å². The second-order valence-corrected chi connectivity index (χ2v) is 4.78. The number of carboxylic acids is 1. The van der Waals surface area contributed by atoms with Crippen LogP contribution in [-0.2, 0) is 4.79 Å². The van der Waals surface area contributed by atoms with Crippen LogP contribution in [0.2, 0.25) is 0 Å². The van der Waals surface area contributed by atoms with E-state index in [0.29, 0.717) is 22.6 Å². The van der Waals surface area contributed by atoms with E-state index in [-0.39, 0.29) is 5.70 Å². The van der Waals surface area contributed by atoms with E-state index in [2.05, 4.69) is 5.32 Å². The van der Waals surface area contributed by atoms with Crippen molar-refractivity contribution in [3.05, 3.63) is 65.4 Å². The summed E-state index contributed by atoms with van der Waals surface area (Å²) in [5.74, 6) is -1.07. The highest BCUT2D eigenvalue weighted by Crippen LogP contribution is 2.28. The smallest absolute Gasteiger partial charge is 0.255 e. The molecule has 0 aliphatic rings. The normalized spacial score (nSPS) is 10.8. The summed E-state index contributed by atoms with van der Waals surface area (Å²) in [6, 6.07) is 13.2. The quantitative estimate of drug-likeness (QED) is 0.807. The van der Waals surface area contributed by atoms with E-state index >= 15 is 0 Å². The third-order valence-corrected chi connectivity index (χ3v) is 3.22. The van der Waals surface area contributed by atoms with Crippen molar-refractivity contribution in [2.45, 2.75) is 0 Å². The van der Waals surface area contributed by atoms with Gasteiger partial charge in [-0.05, 0) is 35.9 Å². The van der Waals surface area contributed by atoms with E-state index in [1.165, 1.54) is 20.3 Å². The SMILES string of the molecule is COc1ccc(/C=C(\NC(=O)c2ccccc2)C(=O)[O-])cc1OC. The van der Waals surface area contributed by atoms with Gasteiger partial charge in [0.1, 0.15) is 0 Å². The minimum atomic E-state index is -1.49. The number of aliphatic carboxylic acids is 1. The topological polar surface area (TPSA) is 87.7 Å². The van der Waals surface area contributed by atoms with E-state index in [1.54, 1.807) is 48.5 Å². The molecule has 0 radical (unpaired) electrons. The fourth-order valence-corrected chi connectivity index (χ4v) is 2.04. The molecule has 24 heavy (non-hydrogen) atoms.